The summed E-state index contributed by atoms with van der Waals surface area (Å²) in [5.74, 6) is 2.09. The third kappa shape index (κ3) is 8.24. The van der Waals surface area contributed by atoms with E-state index in [9.17, 15) is 0 Å². The number of hydrogen-bond donors (Lipinski definition) is 0. The van der Waals surface area contributed by atoms with Crippen LogP contribution in [-0.4, -0.2) is 16.2 Å². The Labute approximate surface area is 405 Å². The van der Waals surface area contributed by atoms with Crippen molar-refractivity contribution in [1.82, 2.24) is 9.55 Å². The maximum absolute atomic E-state index is 9.16. The third-order valence-corrected chi connectivity index (χ3v) is 12.6. The van der Waals surface area contributed by atoms with Gasteiger partial charge in [-0.2, -0.15) is 0 Å². The van der Waals surface area contributed by atoms with E-state index in [-0.39, 0.29) is 34.3 Å². The van der Waals surface area contributed by atoms with Crippen LogP contribution in [0.25, 0.3) is 49.9 Å². The van der Waals surface area contributed by atoms with Gasteiger partial charge in [-0.05, 0) is 132 Å². The Hall–Kier alpha value is -7.11. The van der Waals surface area contributed by atoms with E-state index in [0.717, 1.165) is 60.3 Å². The number of rotatable bonds is 13. The maximum Gasteiger partial charge on any atom is 0.137 e. The third-order valence-electron chi connectivity index (χ3n) is 12.6. The number of aromatic nitrogens is 2. The highest BCUT2D eigenvalue weighted by Crippen LogP contribution is 2.51. The Bertz CT molecular complexity index is 3640. The van der Waals surface area contributed by atoms with Gasteiger partial charge in [0, 0.05) is 45.9 Å². The molecule has 0 saturated carbocycles. The van der Waals surface area contributed by atoms with Crippen molar-refractivity contribution < 1.29 is 18.4 Å². The number of para-hydroxylation sites is 2. The van der Waals surface area contributed by atoms with Gasteiger partial charge in [0.15, 0.2) is 0 Å². The van der Waals surface area contributed by atoms with E-state index in [1.807, 2.05) is 59.6 Å². The highest BCUT2D eigenvalue weighted by molar-refractivity contribution is 6.11. The predicted molar refractivity (Wildman–Crippen MR) is 279 cm³/mol. The van der Waals surface area contributed by atoms with Crippen molar-refractivity contribution >= 4 is 44.6 Å². The molecule has 10 rings (SSSR count). The molecule has 0 saturated heterocycles. The predicted octanol–water partition coefficient (Wildman–Crippen LogP) is 16.8. The molecule has 5 heteroatoms. The Balaban J connectivity index is 1.12. The van der Waals surface area contributed by atoms with Crippen molar-refractivity contribution in [2.75, 3.05) is 16.5 Å². The average Bonchev–Trinajstić information content (AvgIpc) is 4.05. The molecule has 0 aliphatic carbocycles. The van der Waals surface area contributed by atoms with Gasteiger partial charge in [0.05, 0.1) is 41.8 Å². The zero-order chi connectivity index (χ0) is 54.1. The van der Waals surface area contributed by atoms with Gasteiger partial charge >= 0.3 is 0 Å². The van der Waals surface area contributed by atoms with Gasteiger partial charge in [-0.25, -0.2) is 4.98 Å². The molecule has 0 N–H and O–H groups in total. The summed E-state index contributed by atoms with van der Waals surface area (Å²) in [5, 5.41) is 2.38. The Morgan fingerprint density at radius 2 is 1.36 bits per heavy atom. The molecule has 1 aliphatic rings. The summed E-state index contributed by atoms with van der Waals surface area (Å²) in [6, 6.07) is 29.5. The molecule has 0 spiro atoms. The molecule has 0 atom stereocenters. The minimum atomic E-state index is -0.544. The van der Waals surface area contributed by atoms with Gasteiger partial charge in [0.2, 0.25) is 0 Å². The first-order chi connectivity index (χ1) is 36.3. The molecule has 3 heterocycles. The lowest BCUT2D eigenvalue weighted by atomic mass is 9.88. The number of hydrogen-bond acceptors (Lipinski definition) is 4. The van der Waals surface area contributed by atoms with Crippen LogP contribution in [0.5, 0.6) is 11.5 Å². The van der Waals surface area contributed by atoms with E-state index in [0.29, 0.717) is 28.4 Å². The summed E-state index contributed by atoms with van der Waals surface area (Å²) < 4.78 is 97.4. The number of pyridine rings is 1. The first-order valence-electron chi connectivity index (χ1n) is 28.1. The Kier molecular flexibility index (Phi) is 8.90. The largest absolute Gasteiger partial charge is 0.457 e. The molecule has 0 bridgehead atoms. The van der Waals surface area contributed by atoms with Crippen LogP contribution in [0, 0.1) is 6.92 Å². The number of ether oxygens (including phenoxy) is 1. The Morgan fingerprint density at radius 1 is 0.652 bits per heavy atom. The van der Waals surface area contributed by atoms with E-state index in [4.69, 9.17) is 23.4 Å². The van der Waals surface area contributed by atoms with Crippen molar-refractivity contribution in [2.45, 2.75) is 85.5 Å². The van der Waals surface area contributed by atoms with E-state index in [1.54, 1.807) is 19.1 Å². The summed E-state index contributed by atoms with van der Waals surface area (Å²) in [7, 11) is 0. The standard InChI is InChI=1S/C61H60N4O/c1-7-9-12-21-43-30-31-54-53(36-43)59-46(20-8-2)37-50(40-57(59)65(54)58-38-47(32-33-62-58)61(4,5)6)66-49-27-19-26-48(39-49)63-41-64(56-29-18-17-28-55(56)63)60-51(44-22-13-10-14-23-44)34-42(3)35-52(60)45-24-15-11-16-25-45/h10-11,13-19,22-40H,7-9,12,20-21,41H2,1-6H3/i10D,11D,13D,14D,15D,16D,22D,23D,24D,25D. The lowest BCUT2D eigenvalue weighted by molar-refractivity contribution is 0.482. The zero-order valence-corrected chi connectivity index (χ0v) is 38.5. The fourth-order valence-electron chi connectivity index (χ4n) is 9.46. The van der Waals surface area contributed by atoms with E-state index in [1.165, 1.54) is 33.9 Å². The highest BCUT2D eigenvalue weighted by atomic mass is 16.5. The normalized spacial score (nSPS) is 14.8. The van der Waals surface area contributed by atoms with Crippen LogP contribution in [0.1, 0.15) is 96.3 Å². The molecule has 1 aliphatic heterocycles. The van der Waals surface area contributed by atoms with Crippen LogP contribution in [0.2, 0.25) is 0 Å². The molecule has 0 unspecified atom stereocenters. The Morgan fingerprint density at radius 3 is 2.05 bits per heavy atom. The SMILES string of the molecule is [2H]c1c([2H])c([2H])c(-c2cc(C)cc(-c3c([2H])c([2H])c([2H])c([2H])c3[2H])c2N2CN(c3cccc(Oc4cc(CCC)c5c6cc(CCCCC)ccc6n(-c6cc(C(C)(C)C)ccn6)c5c4)c3)c3ccccc32)c([2H])c1[2H]. The van der Waals surface area contributed by atoms with Crippen LogP contribution in [-0.2, 0) is 18.3 Å². The molecule has 330 valence electrons. The quantitative estimate of drug-likeness (QED) is 0.108. The fraction of sp³-hybridized carbons (Fsp3) is 0.230. The van der Waals surface area contributed by atoms with Crippen LogP contribution < -0.4 is 14.5 Å². The highest BCUT2D eigenvalue weighted by Gasteiger charge is 2.32. The molecule has 9 aromatic rings. The number of nitrogens with zero attached hydrogens (tertiary/aromatic N) is 4. The maximum atomic E-state index is 9.16. The number of benzene rings is 7. The second-order valence-corrected chi connectivity index (χ2v) is 18.3. The minimum Gasteiger partial charge on any atom is -0.457 e. The molecule has 5 nitrogen and oxygen atoms in total. The molecular weight excluding hydrogens is 805 g/mol. The van der Waals surface area contributed by atoms with Crippen LogP contribution in [0.4, 0.5) is 22.7 Å². The molecule has 0 radical (unpaired) electrons. The lowest BCUT2D eigenvalue weighted by Gasteiger charge is -2.28. The van der Waals surface area contributed by atoms with Crippen molar-refractivity contribution in [3.05, 3.63) is 192 Å². The molecule has 0 fully saturated rings. The van der Waals surface area contributed by atoms with Crippen LogP contribution in [0.3, 0.4) is 0 Å². The van der Waals surface area contributed by atoms with Gasteiger partial charge in [0.25, 0.3) is 0 Å². The minimum absolute atomic E-state index is 0.0757. The molecule has 0 amide bonds. The van der Waals surface area contributed by atoms with Gasteiger partial charge < -0.3 is 14.5 Å². The van der Waals surface area contributed by atoms with Gasteiger partial charge in [-0.15, -0.1) is 0 Å². The van der Waals surface area contributed by atoms with Crippen molar-refractivity contribution in [3.63, 3.8) is 0 Å². The monoisotopic (exact) mass is 875 g/mol. The fourth-order valence-corrected chi connectivity index (χ4v) is 9.46. The average molecular weight is 875 g/mol. The summed E-state index contributed by atoms with van der Waals surface area (Å²) in [6.07, 6.45) is 8.14. The number of unbranched alkanes of at least 4 members (excludes halogenated alkanes) is 2. The smallest absolute Gasteiger partial charge is 0.137 e. The lowest BCUT2D eigenvalue weighted by Crippen LogP contribution is -2.25. The molecular formula is C61H60N4O. The molecule has 66 heavy (non-hydrogen) atoms. The summed E-state index contributed by atoms with van der Waals surface area (Å²) in [5.41, 5.74) is 9.12. The van der Waals surface area contributed by atoms with E-state index < -0.39 is 60.4 Å². The summed E-state index contributed by atoms with van der Waals surface area (Å²) in [4.78, 5) is 8.99. The topological polar surface area (TPSA) is 33.5 Å². The van der Waals surface area contributed by atoms with Crippen LogP contribution >= 0.6 is 0 Å². The first-order valence-corrected chi connectivity index (χ1v) is 23.1. The summed E-state index contributed by atoms with van der Waals surface area (Å²) in [6.45, 7) is 13.0. The van der Waals surface area contributed by atoms with Crippen molar-refractivity contribution in [1.29, 1.82) is 0 Å². The second-order valence-electron chi connectivity index (χ2n) is 18.3. The number of fused-ring (bicyclic) bond motifs is 4. The van der Waals surface area contributed by atoms with Gasteiger partial charge in [0.1, 0.15) is 24.0 Å². The van der Waals surface area contributed by atoms with Crippen molar-refractivity contribution in [3.8, 4) is 39.6 Å². The molecule has 2 aromatic heterocycles. The molecule has 7 aromatic carbocycles. The van der Waals surface area contributed by atoms with Crippen molar-refractivity contribution in [2.24, 2.45) is 0 Å². The van der Waals surface area contributed by atoms with E-state index in [2.05, 4.69) is 86.6 Å². The van der Waals surface area contributed by atoms with Gasteiger partial charge in [-0.3, -0.25) is 4.57 Å². The number of anilines is 4. The first kappa shape index (κ1) is 32.5. The zero-order valence-electron chi connectivity index (χ0n) is 48.5. The van der Waals surface area contributed by atoms with Crippen LogP contribution in [0.15, 0.2) is 170 Å². The second kappa shape index (κ2) is 18.0. The van der Waals surface area contributed by atoms with E-state index >= 15 is 0 Å². The summed E-state index contributed by atoms with van der Waals surface area (Å²) >= 11 is 0. The number of aryl methyl sites for hydroxylation is 3. The van der Waals surface area contributed by atoms with Gasteiger partial charge in [-0.1, -0.05) is 139 Å².